The van der Waals surface area contributed by atoms with E-state index in [0.29, 0.717) is 23.5 Å². The molecule has 2 aromatic heterocycles. The smallest absolute Gasteiger partial charge is 0.261 e. The highest BCUT2D eigenvalue weighted by atomic mass is 127. The van der Waals surface area contributed by atoms with Gasteiger partial charge in [0.2, 0.25) is 5.95 Å². The van der Waals surface area contributed by atoms with Crippen LogP contribution in [0.3, 0.4) is 0 Å². The summed E-state index contributed by atoms with van der Waals surface area (Å²) in [5, 5.41) is 3.54. The van der Waals surface area contributed by atoms with Crippen LogP contribution in [0.2, 0.25) is 0 Å². The fraction of sp³-hybridized carbons (Fsp3) is 0.100. The quantitative estimate of drug-likeness (QED) is 0.700. The van der Waals surface area contributed by atoms with Crippen LogP contribution in [0.5, 0.6) is 0 Å². The second kappa shape index (κ2) is 5.76. The van der Waals surface area contributed by atoms with Gasteiger partial charge in [-0.2, -0.15) is 4.98 Å². The summed E-state index contributed by atoms with van der Waals surface area (Å²) < 4.78 is 3.09. The summed E-state index contributed by atoms with van der Waals surface area (Å²) in [4.78, 5) is 22.7. The van der Waals surface area contributed by atoms with E-state index in [0.717, 1.165) is 3.58 Å². The maximum absolute atomic E-state index is 11.7. The molecule has 0 spiro atoms. The molecule has 0 aliphatic rings. The normalized spacial score (nSPS) is 11.8. The van der Waals surface area contributed by atoms with Gasteiger partial charge in [0.15, 0.2) is 5.65 Å². The Morgan fingerprint density at radius 1 is 1.59 bits per heavy atom. The van der Waals surface area contributed by atoms with Crippen LogP contribution in [-0.4, -0.2) is 21.5 Å². The predicted octanol–water partition coefficient (Wildman–Crippen LogP) is 2.44. The minimum absolute atomic E-state index is 0.181. The molecule has 0 aliphatic heterocycles. The average Bonchev–Trinajstić information content (AvgIpc) is 2.36. The highest BCUT2D eigenvalue weighted by Crippen LogP contribution is 2.10. The molecule has 0 bridgehead atoms. The molecular formula is C10H8I2N4O. The van der Waals surface area contributed by atoms with Crippen molar-refractivity contribution >= 4 is 62.2 Å². The number of nitrogens with zero attached hydrogens (tertiary/aromatic N) is 2. The van der Waals surface area contributed by atoms with Crippen molar-refractivity contribution in [2.24, 2.45) is 0 Å². The Kier molecular flexibility index (Phi) is 4.31. The minimum atomic E-state index is -0.181. The van der Waals surface area contributed by atoms with Gasteiger partial charge in [-0.3, -0.25) is 9.78 Å². The Morgan fingerprint density at radius 2 is 2.41 bits per heavy atom. The molecule has 0 saturated heterocycles. The molecule has 0 atom stereocenters. The molecule has 2 heterocycles. The molecule has 2 N–H and O–H groups in total. The highest BCUT2D eigenvalue weighted by molar-refractivity contribution is 14.1. The zero-order valence-electron chi connectivity index (χ0n) is 8.58. The van der Waals surface area contributed by atoms with Crippen molar-refractivity contribution in [3.05, 3.63) is 36.3 Å². The van der Waals surface area contributed by atoms with E-state index in [1.807, 2.05) is 4.08 Å². The highest BCUT2D eigenvalue weighted by Gasteiger charge is 2.03. The van der Waals surface area contributed by atoms with Crippen molar-refractivity contribution in [1.29, 1.82) is 0 Å². The summed E-state index contributed by atoms with van der Waals surface area (Å²) in [6.45, 7) is 0.630. The molecule has 0 saturated carbocycles. The lowest BCUT2D eigenvalue weighted by Gasteiger charge is -2.04. The first-order chi connectivity index (χ1) is 8.20. The number of halogens is 2. The standard InChI is InChI=1S/C10H8I2N4O/c11-4-6(12)5-14-10-15-8-7(9(17)16-10)2-1-3-13-8/h1-4H,5H2,(H2,13,14,15,16,17). The summed E-state index contributed by atoms with van der Waals surface area (Å²) in [6.07, 6.45) is 1.62. The first-order valence-corrected chi connectivity index (χ1v) is 7.07. The monoisotopic (exact) mass is 454 g/mol. The fourth-order valence-corrected chi connectivity index (χ4v) is 1.67. The van der Waals surface area contributed by atoms with E-state index in [9.17, 15) is 4.79 Å². The number of anilines is 1. The Hall–Kier alpha value is -0.710. The third-order valence-corrected chi connectivity index (χ3v) is 4.66. The van der Waals surface area contributed by atoms with Gasteiger partial charge < -0.3 is 5.32 Å². The molecule has 0 unspecified atom stereocenters. The summed E-state index contributed by atoms with van der Waals surface area (Å²) in [6, 6.07) is 3.42. The number of hydrogen-bond acceptors (Lipinski definition) is 4. The van der Waals surface area contributed by atoms with Gasteiger partial charge in [-0.25, -0.2) is 4.98 Å². The molecule has 0 aromatic carbocycles. The first-order valence-electron chi connectivity index (χ1n) is 4.74. The number of hydrogen-bond donors (Lipinski definition) is 2. The van der Waals surface area contributed by atoms with E-state index in [2.05, 4.69) is 65.5 Å². The lowest BCUT2D eigenvalue weighted by molar-refractivity contribution is 1.10. The van der Waals surface area contributed by atoms with Crippen molar-refractivity contribution in [2.75, 3.05) is 11.9 Å². The first kappa shape index (κ1) is 12.7. The van der Waals surface area contributed by atoms with Crippen LogP contribution in [0, 0.1) is 0 Å². The fourth-order valence-electron chi connectivity index (χ4n) is 1.26. The van der Waals surface area contributed by atoms with Crippen molar-refractivity contribution in [1.82, 2.24) is 15.0 Å². The van der Waals surface area contributed by atoms with Crippen molar-refractivity contribution in [2.45, 2.75) is 0 Å². The number of aromatic nitrogens is 3. The molecule has 2 aromatic rings. The van der Waals surface area contributed by atoms with Gasteiger partial charge in [0.05, 0.1) is 5.39 Å². The third kappa shape index (κ3) is 3.15. The largest absolute Gasteiger partial charge is 0.351 e. The molecule has 2 rings (SSSR count). The molecule has 0 amide bonds. The second-order valence-corrected chi connectivity index (χ2v) is 5.21. The molecule has 17 heavy (non-hydrogen) atoms. The Labute approximate surface area is 124 Å². The van der Waals surface area contributed by atoms with Gasteiger partial charge >= 0.3 is 0 Å². The van der Waals surface area contributed by atoms with Gasteiger partial charge in [0.25, 0.3) is 5.56 Å². The molecule has 5 nitrogen and oxygen atoms in total. The van der Waals surface area contributed by atoms with E-state index in [-0.39, 0.29) is 5.56 Å². The van der Waals surface area contributed by atoms with Crippen LogP contribution in [0.1, 0.15) is 0 Å². The summed E-state index contributed by atoms with van der Waals surface area (Å²) in [5.74, 6) is 0.439. The number of H-pyrrole nitrogens is 1. The summed E-state index contributed by atoms with van der Waals surface area (Å²) in [7, 11) is 0. The van der Waals surface area contributed by atoms with Gasteiger partial charge in [0.1, 0.15) is 0 Å². The number of rotatable bonds is 3. The number of fused-ring (bicyclic) bond motifs is 1. The maximum atomic E-state index is 11.7. The number of nitrogens with one attached hydrogen (secondary N) is 2. The topological polar surface area (TPSA) is 70.7 Å². The van der Waals surface area contributed by atoms with Gasteiger partial charge in [0, 0.05) is 16.3 Å². The third-order valence-electron chi connectivity index (χ3n) is 2.02. The SMILES string of the molecule is O=c1[nH]c(NCC(I)=CI)nc2ncccc12. The summed E-state index contributed by atoms with van der Waals surface area (Å²) >= 11 is 4.38. The molecule has 0 fully saturated rings. The Morgan fingerprint density at radius 3 is 3.18 bits per heavy atom. The van der Waals surface area contributed by atoms with Gasteiger partial charge in [-0.1, -0.05) is 22.6 Å². The van der Waals surface area contributed by atoms with E-state index in [1.54, 1.807) is 18.3 Å². The van der Waals surface area contributed by atoms with Crippen LogP contribution >= 0.6 is 45.2 Å². The van der Waals surface area contributed by atoms with E-state index >= 15 is 0 Å². The average molecular weight is 454 g/mol. The molecular weight excluding hydrogens is 446 g/mol. The minimum Gasteiger partial charge on any atom is -0.351 e. The van der Waals surface area contributed by atoms with Gasteiger partial charge in [-0.15, -0.1) is 0 Å². The van der Waals surface area contributed by atoms with Crippen molar-refractivity contribution in [3.63, 3.8) is 0 Å². The maximum Gasteiger partial charge on any atom is 0.261 e. The molecule has 88 valence electrons. The lowest BCUT2D eigenvalue weighted by atomic mass is 10.3. The van der Waals surface area contributed by atoms with E-state index < -0.39 is 0 Å². The van der Waals surface area contributed by atoms with Crippen LogP contribution < -0.4 is 10.9 Å². The van der Waals surface area contributed by atoms with Crippen LogP contribution in [0.25, 0.3) is 11.0 Å². The van der Waals surface area contributed by atoms with Gasteiger partial charge in [-0.05, 0) is 38.8 Å². The predicted molar refractivity (Wildman–Crippen MR) is 84.8 cm³/mol. The van der Waals surface area contributed by atoms with Crippen LogP contribution in [0.15, 0.2) is 30.8 Å². The van der Waals surface area contributed by atoms with Crippen molar-refractivity contribution in [3.8, 4) is 0 Å². The second-order valence-electron chi connectivity index (χ2n) is 3.20. The Balaban J connectivity index is 2.34. The zero-order valence-corrected chi connectivity index (χ0v) is 12.9. The van der Waals surface area contributed by atoms with Crippen LogP contribution in [0.4, 0.5) is 5.95 Å². The number of pyridine rings is 1. The Bertz CT molecular complexity index is 623. The molecule has 7 heteroatoms. The van der Waals surface area contributed by atoms with Crippen LogP contribution in [-0.2, 0) is 0 Å². The van der Waals surface area contributed by atoms with E-state index in [1.165, 1.54) is 0 Å². The molecule has 0 aliphatic carbocycles. The molecule has 0 radical (unpaired) electrons. The van der Waals surface area contributed by atoms with Crippen molar-refractivity contribution < 1.29 is 0 Å². The zero-order chi connectivity index (χ0) is 12.3. The van der Waals surface area contributed by atoms with E-state index in [4.69, 9.17) is 0 Å². The number of aromatic amines is 1. The summed E-state index contributed by atoms with van der Waals surface area (Å²) in [5.41, 5.74) is 0.270. The lowest BCUT2D eigenvalue weighted by Crippen LogP contribution is -2.14.